The number of aromatic nitrogens is 1. The third-order valence-corrected chi connectivity index (χ3v) is 5.81. The van der Waals surface area contributed by atoms with Gasteiger partial charge in [-0.2, -0.15) is 5.26 Å². The first-order valence-electron chi connectivity index (χ1n) is 9.27. The molecule has 1 fully saturated rings. The molecule has 4 rings (SSSR count). The summed E-state index contributed by atoms with van der Waals surface area (Å²) >= 11 is 1.36. The number of hydrogen-bond donors (Lipinski definition) is 1. The fraction of sp³-hybridized carbons (Fsp3) is 0.227. The van der Waals surface area contributed by atoms with Gasteiger partial charge in [-0.15, -0.1) is 11.3 Å². The second kappa shape index (κ2) is 8.34. The number of nitrogens with one attached hydrogen (secondary N) is 1. The molecular formula is C22H20N4OS. The molecular weight excluding hydrogens is 368 g/mol. The zero-order valence-electron chi connectivity index (χ0n) is 15.3. The number of thiophene rings is 1. The summed E-state index contributed by atoms with van der Waals surface area (Å²) in [4.78, 5) is 19.6. The van der Waals surface area contributed by atoms with Crippen molar-refractivity contribution in [3.05, 3.63) is 82.5 Å². The van der Waals surface area contributed by atoms with Gasteiger partial charge in [0, 0.05) is 18.3 Å². The number of nitrogens with zero attached hydrogens (tertiary/aromatic N) is 3. The van der Waals surface area contributed by atoms with Crippen LogP contribution in [0.1, 0.15) is 46.1 Å². The minimum atomic E-state index is -0.191. The number of anilines is 1. The minimum Gasteiger partial charge on any atom is -0.312 e. The smallest absolute Gasteiger partial charge is 0.256 e. The van der Waals surface area contributed by atoms with E-state index in [1.165, 1.54) is 11.3 Å². The van der Waals surface area contributed by atoms with Crippen LogP contribution in [0.5, 0.6) is 0 Å². The molecule has 6 heteroatoms. The molecule has 1 atom stereocenters. The summed E-state index contributed by atoms with van der Waals surface area (Å²) in [5, 5.41) is 14.3. The van der Waals surface area contributed by atoms with Crippen molar-refractivity contribution in [2.75, 3.05) is 11.9 Å². The molecule has 0 saturated carbocycles. The zero-order valence-corrected chi connectivity index (χ0v) is 16.2. The predicted octanol–water partition coefficient (Wildman–Crippen LogP) is 4.60. The number of hydrogen-bond acceptors (Lipinski definition) is 5. The predicted molar refractivity (Wildman–Crippen MR) is 110 cm³/mol. The molecule has 1 aromatic carbocycles. The monoisotopic (exact) mass is 388 g/mol. The third-order valence-electron chi connectivity index (χ3n) is 4.98. The van der Waals surface area contributed by atoms with E-state index in [1.807, 2.05) is 30.5 Å². The number of pyridine rings is 1. The van der Waals surface area contributed by atoms with E-state index in [0.29, 0.717) is 22.2 Å². The molecule has 2 aromatic heterocycles. The van der Waals surface area contributed by atoms with E-state index in [2.05, 4.69) is 33.4 Å². The average Bonchev–Trinajstić information content (AvgIpc) is 3.38. The first kappa shape index (κ1) is 18.4. The van der Waals surface area contributed by atoms with Gasteiger partial charge in [0.2, 0.25) is 0 Å². The Morgan fingerprint density at radius 3 is 3.04 bits per heavy atom. The van der Waals surface area contributed by atoms with Gasteiger partial charge in [-0.25, -0.2) is 0 Å². The maximum Gasteiger partial charge on any atom is 0.256 e. The Morgan fingerprint density at radius 2 is 2.21 bits per heavy atom. The Balaban J connectivity index is 1.48. The summed E-state index contributed by atoms with van der Waals surface area (Å²) in [6, 6.07) is 17.9. The number of likely N-dealkylation sites (tertiary alicyclic amines) is 1. The maximum atomic E-state index is 12.6. The number of rotatable bonds is 5. The van der Waals surface area contributed by atoms with Crippen LogP contribution in [0.3, 0.4) is 0 Å². The van der Waals surface area contributed by atoms with Crippen molar-refractivity contribution >= 4 is 22.2 Å². The third kappa shape index (κ3) is 3.96. The number of nitriles is 1. The van der Waals surface area contributed by atoms with E-state index in [4.69, 9.17) is 5.26 Å². The van der Waals surface area contributed by atoms with Crippen LogP contribution < -0.4 is 5.32 Å². The number of amides is 1. The normalized spacial score (nSPS) is 16.6. The second-order valence-electron chi connectivity index (χ2n) is 6.81. The fourth-order valence-electron chi connectivity index (χ4n) is 3.64. The molecule has 1 aliphatic heterocycles. The van der Waals surface area contributed by atoms with Gasteiger partial charge in [-0.05, 0) is 60.7 Å². The van der Waals surface area contributed by atoms with Crippen LogP contribution in [0.15, 0.2) is 60.1 Å². The van der Waals surface area contributed by atoms with Gasteiger partial charge in [0.25, 0.3) is 5.91 Å². The molecule has 5 nitrogen and oxygen atoms in total. The van der Waals surface area contributed by atoms with Crippen LogP contribution in [0.2, 0.25) is 0 Å². The van der Waals surface area contributed by atoms with Crippen molar-refractivity contribution in [3.63, 3.8) is 0 Å². The van der Waals surface area contributed by atoms with Gasteiger partial charge in [0.15, 0.2) is 0 Å². The Bertz CT molecular complexity index is 1010. The molecule has 0 spiro atoms. The number of benzene rings is 1. The molecule has 0 aliphatic carbocycles. The molecule has 28 heavy (non-hydrogen) atoms. The lowest BCUT2D eigenvalue weighted by molar-refractivity contribution is 0.102. The van der Waals surface area contributed by atoms with Crippen LogP contribution in [-0.2, 0) is 6.54 Å². The highest BCUT2D eigenvalue weighted by atomic mass is 32.1. The van der Waals surface area contributed by atoms with Gasteiger partial charge in [-0.1, -0.05) is 18.2 Å². The lowest BCUT2D eigenvalue weighted by Crippen LogP contribution is -2.23. The second-order valence-corrected chi connectivity index (χ2v) is 7.73. The average molecular weight is 388 g/mol. The zero-order chi connectivity index (χ0) is 19.3. The molecule has 1 amide bonds. The number of carbonyl (C=O) groups is 1. The van der Waals surface area contributed by atoms with Gasteiger partial charge in [-0.3, -0.25) is 14.7 Å². The van der Waals surface area contributed by atoms with Crippen molar-refractivity contribution in [2.24, 2.45) is 0 Å². The standard InChI is InChI=1S/C22H20N4OS/c23-14-18-9-12-28-22(18)25-21(27)17-6-3-5-16(13-17)15-26-11-4-8-20(26)19-7-1-2-10-24-19/h1-3,5-7,9-10,12-13,20H,4,8,11,15H2,(H,25,27)/t20-/m0/s1. The van der Waals surface area contributed by atoms with E-state index in [1.54, 1.807) is 17.5 Å². The largest absolute Gasteiger partial charge is 0.312 e. The molecule has 1 saturated heterocycles. The van der Waals surface area contributed by atoms with E-state index >= 15 is 0 Å². The Hall–Kier alpha value is -3.01. The summed E-state index contributed by atoms with van der Waals surface area (Å²) in [6.45, 7) is 1.81. The molecule has 0 unspecified atom stereocenters. The molecule has 0 bridgehead atoms. The van der Waals surface area contributed by atoms with Crippen LogP contribution in [-0.4, -0.2) is 22.3 Å². The fourth-order valence-corrected chi connectivity index (χ4v) is 4.37. The van der Waals surface area contributed by atoms with Crippen molar-refractivity contribution in [2.45, 2.75) is 25.4 Å². The maximum absolute atomic E-state index is 12.6. The van der Waals surface area contributed by atoms with Gasteiger partial charge < -0.3 is 5.32 Å². The van der Waals surface area contributed by atoms with E-state index < -0.39 is 0 Å². The highest BCUT2D eigenvalue weighted by Crippen LogP contribution is 2.32. The Kier molecular flexibility index (Phi) is 5.47. The first-order chi connectivity index (χ1) is 13.7. The SMILES string of the molecule is N#Cc1ccsc1NC(=O)c1cccc(CN2CCC[C@H]2c2ccccn2)c1. The van der Waals surface area contributed by atoms with Gasteiger partial charge >= 0.3 is 0 Å². The topological polar surface area (TPSA) is 69.0 Å². The first-order valence-corrected chi connectivity index (χ1v) is 10.2. The van der Waals surface area contributed by atoms with Crippen molar-refractivity contribution in [1.29, 1.82) is 5.26 Å². The van der Waals surface area contributed by atoms with Gasteiger partial charge in [0.1, 0.15) is 11.1 Å². The lowest BCUT2D eigenvalue weighted by Gasteiger charge is -2.24. The lowest BCUT2D eigenvalue weighted by atomic mass is 10.1. The molecule has 3 heterocycles. The van der Waals surface area contributed by atoms with E-state index in [-0.39, 0.29) is 5.91 Å². The Labute approximate surface area is 168 Å². The minimum absolute atomic E-state index is 0.191. The van der Waals surface area contributed by atoms with Crippen molar-refractivity contribution in [3.8, 4) is 6.07 Å². The molecule has 0 radical (unpaired) electrons. The summed E-state index contributed by atoms with van der Waals surface area (Å²) in [5.74, 6) is -0.191. The molecule has 1 aliphatic rings. The van der Waals surface area contributed by atoms with Gasteiger partial charge in [0.05, 0.1) is 17.3 Å². The summed E-state index contributed by atoms with van der Waals surface area (Å²) in [5.41, 5.74) is 3.30. The highest BCUT2D eigenvalue weighted by molar-refractivity contribution is 7.14. The molecule has 3 aromatic rings. The van der Waals surface area contributed by atoms with E-state index in [9.17, 15) is 4.79 Å². The Morgan fingerprint density at radius 1 is 1.29 bits per heavy atom. The van der Waals surface area contributed by atoms with Crippen molar-refractivity contribution in [1.82, 2.24) is 9.88 Å². The number of carbonyl (C=O) groups excluding carboxylic acids is 1. The highest BCUT2D eigenvalue weighted by Gasteiger charge is 2.26. The van der Waals surface area contributed by atoms with Crippen LogP contribution >= 0.6 is 11.3 Å². The van der Waals surface area contributed by atoms with Crippen LogP contribution in [0.25, 0.3) is 0 Å². The summed E-state index contributed by atoms with van der Waals surface area (Å²) < 4.78 is 0. The van der Waals surface area contributed by atoms with Crippen molar-refractivity contribution < 1.29 is 4.79 Å². The van der Waals surface area contributed by atoms with Crippen LogP contribution in [0, 0.1) is 11.3 Å². The quantitative estimate of drug-likeness (QED) is 0.693. The molecule has 140 valence electrons. The summed E-state index contributed by atoms with van der Waals surface area (Å²) in [6.07, 6.45) is 4.10. The van der Waals surface area contributed by atoms with Crippen LogP contribution in [0.4, 0.5) is 5.00 Å². The summed E-state index contributed by atoms with van der Waals surface area (Å²) in [7, 11) is 0. The molecule has 1 N–H and O–H groups in total. The van der Waals surface area contributed by atoms with E-state index in [0.717, 1.165) is 37.2 Å².